The fourth-order valence-electron chi connectivity index (χ4n) is 5.41. The van der Waals surface area contributed by atoms with E-state index in [9.17, 15) is 18.0 Å². The van der Waals surface area contributed by atoms with E-state index in [1.165, 1.54) is 37.7 Å². The molecule has 1 saturated carbocycles. The second kappa shape index (κ2) is 13.8. The summed E-state index contributed by atoms with van der Waals surface area (Å²) in [6, 6.07) is 21.2. The van der Waals surface area contributed by atoms with Crippen LogP contribution >= 0.6 is 0 Å². The highest BCUT2D eigenvalue weighted by molar-refractivity contribution is 7.91. The quantitative estimate of drug-likeness (QED) is 0.177. The van der Waals surface area contributed by atoms with Crippen molar-refractivity contribution < 1.29 is 18.0 Å². The maximum atomic E-state index is 13.3. The number of urea groups is 1. The maximum absolute atomic E-state index is 13.3. The molecule has 1 atom stereocenters. The Hall–Kier alpha value is -4.58. The van der Waals surface area contributed by atoms with Gasteiger partial charge in [-0.05, 0) is 84.3 Å². The van der Waals surface area contributed by atoms with Gasteiger partial charge in [0.05, 0.1) is 17.0 Å². The largest absolute Gasteiger partial charge is 0.327 e. The fourth-order valence-corrected chi connectivity index (χ4v) is 6.38. The summed E-state index contributed by atoms with van der Waals surface area (Å²) in [4.78, 5) is 25.9. The predicted octanol–water partition coefficient (Wildman–Crippen LogP) is 5.73. The van der Waals surface area contributed by atoms with Crippen molar-refractivity contribution in [1.82, 2.24) is 25.9 Å². The number of tetrazole rings is 1. The van der Waals surface area contributed by atoms with E-state index in [-0.39, 0.29) is 11.7 Å². The fraction of sp³-hybridized carbons (Fsp3) is 0.344. The Morgan fingerprint density at radius 3 is 2.23 bits per heavy atom. The molecule has 1 aromatic heterocycles. The summed E-state index contributed by atoms with van der Waals surface area (Å²) >= 11 is 0. The lowest BCUT2D eigenvalue weighted by Crippen LogP contribution is -2.33. The van der Waals surface area contributed by atoms with E-state index in [0.29, 0.717) is 22.7 Å². The zero-order valence-electron chi connectivity index (χ0n) is 24.8. The van der Waals surface area contributed by atoms with E-state index in [2.05, 4.69) is 48.7 Å². The summed E-state index contributed by atoms with van der Waals surface area (Å²) < 4.78 is 24.9. The summed E-state index contributed by atoms with van der Waals surface area (Å²) in [7, 11) is -3.29. The monoisotopic (exact) mass is 615 g/mol. The molecule has 1 aliphatic carbocycles. The Bertz CT molecular complexity index is 1670. The van der Waals surface area contributed by atoms with Gasteiger partial charge in [0, 0.05) is 11.3 Å². The van der Waals surface area contributed by atoms with Gasteiger partial charge in [0.2, 0.25) is 0 Å². The summed E-state index contributed by atoms with van der Waals surface area (Å²) in [6.45, 7) is 3.30. The van der Waals surface area contributed by atoms with Crippen molar-refractivity contribution in [1.29, 1.82) is 0 Å². The number of amides is 3. The van der Waals surface area contributed by atoms with Gasteiger partial charge in [0.15, 0.2) is 9.84 Å². The molecule has 4 N–H and O–H groups in total. The van der Waals surface area contributed by atoms with Crippen LogP contribution in [-0.4, -0.2) is 46.2 Å². The van der Waals surface area contributed by atoms with Crippen LogP contribution in [0.3, 0.4) is 0 Å². The van der Waals surface area contributed by atoms with Gasteiger partial charge in [-0.3, -0.25) is 10.1 Å². The Morgan fingerprint density at radius 2 is 1.59 bits per heavy atom. The number of sulfone groups is 1. The van der Waals surface area contributed by atoms with Gasteiger partial charge in [-0.25, -0.2) is 13.2 Å². The van der Waals surface area contributed by atoms with Crippen LogP contribution in [0.2, 0.25) is 0 Å². The number of carbonyl (C=O) groups excluding carboxylic acids is 2. The minimum Gasteiger partial charge on any atom is -0.327 e. The van der Waals surface area contributed by atoms with E-state index >= 15 is 0 Å². The maximum Gasteiger partial charge on any atom is 0.319 e. The van der Waals surface area contributed by atoms with Gasteiger partial charge in [0.25, 0.3) is 11.9 Å². The average molecular weight is 616 g/mol. The molecular formula is C32H37N7O4S. The topological polar surface area (TPSA) is 159 Å². The number of hydrogen-bond donors (Lipinski definition) is 4. The van der Waals surface area contributed by atoms with Gasteiger partial charge in [-0.15, -0.1) is 5.10 Å². The van der Waals surface area contributed by atoms with Crippen molar-refractivity contribution in [3.63, 3.8) is 0 Å². The lowest BCUT2D eigenvalue weighted by molar-refractivity contribution is 0.102. The minimum atomic E-state index is -3.29. The number of benzene rings is 3. The van der Waals surface area contributed by atoms with Gasteiger partial charge in [-0.1, -0.05) is 72.9 Å². The molecule has 1 aliphatic rings. The highest BCUT2D eigenvalue weighted by atomic mass is 32.2. The van der Waals surface area contributed by atoms with Crippen molar-refractivity contribution in [3.8, 4) is 0 Å². The van der Waals surface area contributed by atoms with Gasteiger partial charge < -0.3 is 10.6 Å². The zero-order chi connectivity index (χ0) is 31.1. The van der Waals surface area contributed by atoms with Gasteiger partial charge >= 0.3 is 6.03 Å². The Morgan fingerprint density at radius 1 is 0.909 bits per heavy atom. The van der Waals surface area contributed by atoms with Crippen molar-refractivity contribution >= 4 is 33.4 Å². The van der Waals surface area contributed by atoms with Crippen LogP contribution in [0.4, 0.5) is 16.4 Å². The normalized spacial score (nSPS) is 14.6. The summed E-state index contributed by atoms with van der Waals surface area (Å²) in [5.74, 6) is 0.122. The summed E-state index contributed by atoms with van der Waals surface area (Å²) in [6.07, 6.45) is 6.15. The molecule has 0 aliphatic heterocycles. The molecule has 5 rings (SSSR count). The Kier molecular flexibility index (Phi) is 9.69. The molecule has 12 heteroatoms. The first-order chi connectivity index (χ1) is 21.2. The molecule has 230 valence electrons. The van der Waals surface area contributed by atoms with E-state index < -0.39 is 33.1 Å². The van der Waals surface area contributed by atoms with Gasteiger partial charge in [0.1, 0.15) is 0 Å². The van der Waals surface area contributed by atoms with Crippen LogP contribution in [0.1, 0.15) is 90.5 Å². The molecule has 0 bridgehead atoms. The van der Waals surface area contributed by atoms with Crippen molar-refractivity contribution in [2.24, 2.45) is 0 Å². The first kappa shape index (κ1) is 30.9. The number of rotatable bonds is 10. The van der Waals surface area contributed by atoms with Crippen molar-refractivity contribution in [2.75, 3.05) is 10.6 Å². The minimum absolute atomic E-state index is 0.0687. The lowest BCUT2D eigenvalue weighted by atomic mass is 9.83. The number of nitrogens with zero attached hydrogens (tertiary/aromatic N) is 3. The van der Waals surface area contributed by atoms with E-state index in [0.717, 1.165) is 11.1 Å². The van der Waals surface area contributed by atoms with Crippen LogP contribution in [0, 0.1) is 0 Å². The van der Waals surface area contributed by atoms with Crippen LogP contribution in [-0.2, 0) is 15.6 Å². The number of aromatic nitrogens is 4. The van der Waals surface area contributed by atoms with E-state index in [1.807, 2.05) is 12.1 Å². The number of anilines is 2. The van der Waals surface area contributed by atoms with Crippen LogP contribution in [0.15, 0.2) is 72.8 Å². The molecule has 1 heterocycles. The summed E-state index contributed by atoms with van der Waals surface area (Å²) in [5.41, 5.74) is 4.44. The molecular weight excluding hydrogens is 578 g/mol. The molecule has 0 spiro atoms. The van der Waals surface area contributed by atoms with Crippen LogP contribution in [0.5, 0.6) is 0 Å². The first-order valence-electron chi connectivity index (χ1n) is 14.8. The third kappa shape index (κ3) is 7.87. The van der Waals surface area contributed by atoms with Gasteiger partial charge in [-0.2, -0.15) is 5.21 Å². The molecule has 4 aromatic rings. The predicted molar refractivity (Wildman–Crippen MR) is 169 cm³/mol. The average Bonchev–Trinajstić information content (AvgIpc) is 3.53. The second-order valence-electron chi connectivity index (χ2n) is 11.4. The first-order valence-corrected chi connectivity index (χ1v) is 16.5. The van der Waals surface area contributed by atoms with Crippen LogP contribution in [0.25, 0.3) is 0 Å². The standard InChI is InChI=1S/C32H37N7O4S/c1-21(2)44(42,43)20-22-7-6-10-28(19-22)33-32(41)34-29(25-13-11-24(12-14-25)23-8-4-3-5-9-23)26-15-17-27(18-16-26)30(40)35-31-36-38-39-37-31/h6-7,10-19,21,23,29H,3-5,8-9,20H2,1-2H3,(H2,33,34,41)(H2,35,36,37,38,39,40). The molecule has 1 fully saturated rings. The molecule has 0 saturated heterocycles. The molecule has 1 unspecified atom stereocenters. The highest BCUT2D eigenvalue weighted by Gasteiger charge is 2.21. The zero-order valence-corrected chi connectivity index (χ0v) is 25.6. The third-order valence-corrected chi connectivity index (χ3v) is 10.1. The molecule has 44 heavy (non-hydrogen) atoms. The third-order valence-electron chi connectivity index (χ3n) is 7.97. The molecule has 3 amide bonds. The van der Waals surface area contributed by atoms with Crippen molar-refractivity contribution in [3.05, 3.63) is 101 Å². The Labute approximate surface area is 257 Å². The van der Waals surface area contributed by atoms with E-state index in [4.69, 9.17) is 0 Å². The number of hydrogen-bond acceptors (Lipinski definition) is 7. The van der Waals surface area contributed by atoms with Crippen molar-refractivity contribution in [2.45, 2.75) is 68.9 Å². The number of nitrogens with one attached hydrogen (secondary N) is 4. The number of carbonyl (C=O) groups is 2. The lowest BCUT2D eigenvalue weighted by Gasteiger charge is -2.24. The number of H-pyrrole nitrogens is 1. The SMILES string of the molecule is CC(C)S(=O)(=O)Cc1cccc(NC(=O)NC(c2ccc(C(=O)Nc3nn[nH]n3)cc2)c2ccc(C3CCCCC3)cc2)c1. The highest BCUT2D eigenvalue weighted by Crippen LogP contribution is 2.33. The van der Waals surface area contributed by atoms with E-state index in [1.54, 1.807) is 62.4 Å². The smallest absolute Gasteiger partial charge is 0.319 e. The molecule has 0 radical (unpaired) electrons. The van der Waals surface area contributed by atoms with Crippen LogP contribution < -0.4 is 16.0 Å². The molecule has 3 aromatic carbocycles. The Balaban J connectivity index is 1.35. The molecule has 11 nitrogen and oxygen atoms in total. The summed E-state index contributed by atoms with van der Waals surface area (Å²) in [5, 5.41) is 21.2. The number of aromatic amines is 1. The second-order valence-corrected chi connectivity index (χ2v) is 14.0.